The average Bonchev–Trinajstić information content (AvgIpc) is 2.79. The first-order chi connectivity index (χ1) is 10.3. The minimum absolute atomic E-state index is 0.470. The van der Waals surface area contributed by atoms with E-state index in [1.54, 1.807) is 31.3 Å². The number of carbonyl (C=O) groups is 4. The summed E-state index contributed by atoms with van der Waals surface area (Å²) in [4.78, 5) is 46.1. The van der Waals surface area contributed by atoms with E-state index in [2.05, 4.69) is 9.31 Å². The molecule has 0 fully saturated rings. The zero-order chi connectivity index (χ0) is 16.9. The molecule has 0 amide bonds. The van der Waals surface area contributed by atoms with Gasteiger partial charge in [-0.05, 0) is 6.92 Å². The van der Waals surface area contributed by atoms with Crippen LogP contribution in [0.2, 0.25) is 0 Å². The van der Waals surface area contributed by atoms with Gasteiger partial charge in [-0.25, -0.2) is 19.2 Å². The Labute approximate surface area is 124 Å². The van der Waals surface area contributed by atoms with Gasteiger partial charge in [-0.2, -0.15) is 0 Å². The quantitative estimate of drug-likeness (QED) is 0.441. The third-order valence-electron chi connectivity index (χ3n) is 2.48. The van der Waals surface area contributed by atoms with Crippen LogP contribution in [0.5, 0.6) is 0 Å². The second-order valence-electron chi connectivity index (χ2n) is 3.97. The van der Waals surface area contributed by atoms with Crippen LogP contribution in [0.4, 0.5) is 0 Å². The second-order valence-corrected chi connectivity index (χ2v) is 3.97. The Morgan fingerprint density at radius 2 is 1.59 bits per heavy atom. The Morgan fingerprint density at radius 1 is 1.09 bits per heavy atom. The van der Waals surface area contributed by atoms with E-state index < -0.39 is 37.6 Å². The van der Waals surface area contributed by atoms with Crippen molar-refractivity contribution in [3.63, 3.8) is 0 Å². The predicted octanol–water partition coefficient (Wildman–Crippen LogP) is -1.73. The first kappa shape index (κ1) is 17.3. The van der Waals surface area contributed by atoms with Gasteiger partial charge in [0.1, 0.15) is 0 Å². The summed E-state index contributed by atoms with van der Waals surface area (Å²) in [6.07, 6.45) is 2.35. The average molecular weight is 316 g/mol. The lowest BCUT2D eigenvalue weighted by Gasteiger charge is -2.30. The van der Waals surface area contributed by atoms with Crippen LogP contribution < -0.4 is 0 Å². The largest absolute Gasteiger partial charge is 0.795 e. The van der Waals surface area contributed by atoms with Gasteiger partial charge in [0.05, 0.1) is 0 Å². The summed E-state index contributed by atoms with van der Waals surface area (Å²) < 4.78 is 13.7. The summed E-state index contributed by atoms with van der Waals surface area (Å²) in [5.74, 6) is -7.44. The fourth-order valence-electron chi connectivity index (χ4n) is 1.46. The zero-order valence-electron chi connectivity index (χ0n) is 11.7. The molecular weight excluding hydrogens is 303 g/mol. The third kappa shape index (κ3) is 4.38. The number of hydrogen-bond acceptors (Lipinski definition) is 9. The molecule has 0 aliphatic carbocycles. The molecule has 0 saturated heterocycles. The number of aliphatic carboxylic acids is 2. The first-order valence-corrected chi connectivity index (χ1v) is 5.95. The van der Waals surface area contributed by atoms with Crippen molar-refractivity contribution < 1.29 is 43.4 Å². The van der Waals surface area contributed by atoms with E-state index in [-0.39, 0.29) is 0 Å². The molecule has 2 N–H and O–H groups in total. The smallest absolute Gasteiger partial charge is 0.473 e. The zero-order valence-corrected chi connectivity index (χ0v) is 11.7. The minimum Gasteiger partial charge on any atom is -0.473 e. The predicted molar refractivity (Wildman–Crippen MR) is 67.4 cm³/mol. The molecule has 1 aliphatic heterocycles. The Balaban J connectivity index is 2.80. The van der Waals surface area contributed by atoms with E-state index in [9.17, 15) is 19.2 Å². The van der Waals surface area contributed by atoms with Crippen molar-refractivity contribution in [3.8, 4) is 0 Å². The van der Waals surface area contributed by atoms with Gasteiger partial charge in [0, 0.05) is 26.0 Å². The number of carbonyl (C=O) groups excluding carboxylic acids is 2. The standard InChI is InChI=1S/C10H13BN2O9/c1-3-13-5-4-12(2)10(13)22-11(20-8(18)6(14)15)21-9(19)7(16)17/h4-5,10H,3H2,1-2H3,(H,14,15)(H,16,17). The van der Waals surface area contributed by atoms with Crippen molar-refractivity contribution in [1.29, 1.82) is 0 Å². The van der Waals surface area contributed by atoms with Crippen molar-refractivity contribution in [1.82, 2.24) is 9.80 Å². The Morgan fingerprint density at radius 3 is 2.00 bits per heavy atom. The summed E-state index contributed by atoms with van der Waals surface area (Å²) in [5, 5.41) is 16.9. The molecule has 12 heteroatoms. The lowest BCUT2D eigenvalue weighted by molar-refractivity contribution is -0.166. The molecule has 22 heavy (non-hydrogen) atoms. The summed E-state index contributed by atoms with van der Waals surface area (Å²) in [7, 11) is -0.542. The van der Waals surface area contributed by atoms with Crippen LogP contribution >= 0.6 is 0 Å². The topological polar surface area (TPSA) is 143 Å². The van der Waals surface area contributed by atoms with Crippen molar-refractivity contribution in [2.75, 3.05) is 13.6 Å². The number of carboxylic acid groups (broad SMARTS) is 2. The van der Waals surface area contributed by atoms with E-state index in [4.69, 9.17) is 14.9 Å². The van der Waals surface area contributed by atoms with Gasteiger partial charge < -0.3 is 34.0 Å². The van der Waals surface area contributed by atoms with Gasteiger partial charge in [0.2, 0.25) is 6.35 Å². The molecule has 0 saturated carbocycles. The van der Waals surface area contributed by atoms with E-state index >= 15 is 0 Å². The van der Waals surface area contributed by atoms with Gasteiger partial charge in [0.25, 0.3) is 0 Å². The van der Waals surface area contributed by atoms with Gasteiger partial charge in [0.15, 0.2) is 0 Å². The maximum Gasteiger partial charge on any atom is 0.795 e. The van der Waals surface area contributed by atoms with Crippen LogP contribution in [0, 0.1) is 0 Å². The van der Waals surface area contributed by atoms with Gasteiger partial charge in [-0.1, -0.05) is 0 Å². The Kier molecular flexibility index (Phi) is 5.75. The lowest BCUT2D eigenvalue weighted by atomic mass is 10.2. The van der Waals surface area contributed by atoms with Crippen molar-refractivity contribution >= 4 is 31.2 Å². The summed E-state index contributed by atoms with van der Waals surface area (Å²) in [5.41, 5.74) is 0. The molecule has 0 bridgehead atoms. The van der Waals surface area contributed by atoms with Gasteiger partial charge in [-0.3, -0.25) is 0 Å². The van der Waals surface area contributed by atoms with Gasteiger partial charge in [-0.15, -0.1) is 0 Å². The van der Waals surface area contributed by atoms with Crippen LogP contribution in [-0.4, -0.2) is 71.2 Å². The SMILES string of the molecule is CCN1C=CN(C)C1OB(OC(=O)C(=O)O)OC(=O)C(=O)O. The summed E-state index contributed by atoms with van der Waals surface area (Å²) >= 11 is 0. The Hall–Kier alpha value is -2.76. The van der Waals surface area contributed by atoms with E-state index in [1.165, 1.54) is 4.90 Å². The highest BCUT2D eigenvalue weighted by molar-refractivity contribution is 6.49. The normalized spacial score (nSPS) is 16.4. The number of nitrogens with zero attached hydrogens (tertiary/aromatic N) is 2. The lowest BCUT2D eigenvalue weighted by Crippen LogP contribution is -2.47. The minimum atomic E-state index is -2.13. The summed E-state index contributed by atoms with van der Waals surface area (Å²) in [6.45, 7) is 2.25. The van der Waals surface area contributed by atoms with Crippen LogP contribution in [0.25, 0.3) is 0 Å². The van der Waals surface area contributed by atoms with Crippen molar-refractivity contribution in [3.05, 3.63) is 12.4 Å². The number of carboxylic acids is 2. The maximum atomic E-state index is 11.0. The van der Waals surface area contributed by atoms with Crippen LogP contribution in [-0.2, 0) is 33.1 Å². The molecule has 1 atom stereocenters. The second kappa shape index (κ2) is 7.31. The molecule has 120 valence electrons. The molecular formula is C10H13BN2O9. The van der Waals surface area contributed by atoms with E-state index in [0.29, 0.717) is 6.54 Å². The first-order valence-electron chi connectivity index (χ1n) is 5.95. The maximum absolute atomic E-state index is 11.0. The fourth-order valence-corrected chi connectivity index (χ4v) is 1.46. The van der Waals surface area contributed by atoms with Crippen LogP contribution in [0.15, 0.2) is 12.4 Å². The van der Waals surface area contributed by atoms with Gasteiger partial charge >= 0.3 is 31.2 Å². The molecule has 0 aromatic heterocycles. The molecule has 0 radical (unpaired) electrons. The van der Waals surface area contributed by atoms with E-state index in [0.717, 1.165) is 0 Å². The Bertz CT molecular complexity index is 481. The molecule has 11 nitrogen and oxygen atoms in total. The van der Waals surface area contributed by atoms with E-state index in [1.807, 2.05) is 0 Å². The monoisotopic (exact) mass is 316 g/mol. The van der Waals surface area contributed by atoms with Crippen molar-refractivity contribution in [2.24, 2.45) is 0 Å². The highest BCUT2D eigenvalue weighted by atomic mass is 16.8. The summed E-state index contributed by atoms with van der Waals surface area (Å²) in [6, 6.07) is 0. The fraction of sp³-hybridized carbons (Fsp3) is 0.400. The van der Waals surface area contributed by atoms with Crippen LogP contribution in [0.3, 0.4) is 0 Å². The molecule has 1 unspecified atom stereocenters. The molecule has 1 heterocycles. The molecule has 0 aromatic carbocycles. The molecule has 0 aromatic rings. The molecule has 1 aliphatic rings. The van der Waals surface area contributed by atoms with Crippen molar-refractivity contribution in [2.45, 2.75) is 13.3 Å². The highest BCUT2D eigenvalue weighted by Crippen LogP contribution is 2.16. The molecule has 1 rings (SSSR count). The molecule has 0 spiro atoms. The highest BCUT2D eigenvalue weighted by Gasteiger charge is 2.41. The third-order valence-corrected chi connectivity index (χ3v) is 2.48. The van der Waals surface area contributed by atoms with Crippen LogP contribution in [0.1, 0.15) is 6.92 Å². The number of hydrogen-bond donors (Lipinski definition) is 2. The number of rotatable bonds is 5.